The minimum absolute atomic E-state index is 0.0457. The number of nitrogens with zero attached hydrogens (tertiary/aromatic N) is 2. The number of guanidine groups is 1. The Labute approximate surface area is 108 Å². The van der Waals surface area contributed by atoms with Crippen molar-refractivity contribution in [2.24, 2.45) is 22.2 Å². The van der Waals surface area contributed by atoms with Gasteiger partial charge in [-0.3, -0.25) is 9.79 Å². The van der Waals surface area contributed by atoms with E-state index in [4.69, 9.17) is 22.2 Å². The summed E-state index contributed by atoms with van der Waals surface area (Å²) in [6.45, 7) is 1.13. The van der Waals surface area contributed by atoms with Crippen LogP contribution in [-0.2, 0) is 4.79 Å². The minimum atomic E-state index is -0.556. The van der Waals surface area contributed by atoms with Crippen molar-refractivity contribution in [3.63, 3.8) is 0 Å². The molecule has 101 valence electrons. The molecule has 1 saturated heterocycles. The Balaban J connectivity index is 2.34. The van der Waals surface area contributed by atoms with Gasteiger partial charge >= 0.3 is 7.48 Å². The Morgan fingerprint density at radius 2 is 2.28 bits per heavy atom. The number of hydrogen-bond donors (Lipinski definition) is 4. The van der Waals surface area contributed by atoms with E-state index in [1.165, 1.54) is 0 Å². The normalized spacial score (nSPS) is 20.6. The molecule has 1 aliphatic rings. The topological polar surface area (TPSA) is 131 Å². The van der Waals surface area contributed by atoms with Gasteiger partial charge in [0, 0.05) is 19.0 Å². The van der Waals surface area contributed by atoms with E-state index in [1.807, 2.05) is 0 Å². The summed E-state index contributed by atoms with van der Waals surface area (Å²) in [7, 11) is 1.07. The summed E-state index contributed by atoms with van der Waals surface area (Å²) in [5.74, 6) is -0.266. The number of amides is 1. The van der Waals surface area contributed by atoms with Crippen molar-refractivity contribution in [3.8, 4) is 0 Å². The number of aliphatic imine (C=N–C) groups is 1. The predicted molar refractivity (Wildman–Crippen MR) is 70.6 cm³/mol. The van der Waals surface area contributed by atoms with Crippen LogP contribution >= 0.6 is 0 Å². The van der Waals surface area contributed by atoms with Gasteiger partial charge in [0.1, 0.15) is 0 Å². The molecule has 2 unspecified atom stereocenters. The van der Waals surface area contributed by atoms with Crippen molar-refractivity contribution in [1.29, 1.82) is 0 Å². The molecular formula is C10H21BN5O2. The predicted octanol–water partition coefficient (Wildman–Crippen LogP) is -2.07. The van der Waals surface area contributed by atoms with E-state index >= 15 is 0 Å². The molecule has 0 aromatic heterocycles. The maximum absolute atomic E-state index is 12.0. The highest BCUT2D eigenvalue weighted by Gasteiger charge is 2.31. The lowest BCUT2D eigenvalue weighted by atomic mass is 9.86. The molecule has 1 radical (unpaired) electrons. The first-order valence-electron chi connectivity index (χ1n) is 6.15. The molecule has 0 aliphatic carbocycles. The number of carbonyl (C=O) groups is 1. The van der Waals surface area contributed by atoms with Gasteiger partial charge in [-0.25, -0.2) is 0 Å². The van der Waals surface area contributed by atoms with E-state index < -0.39 is 6.04 Å². The van der Waals surface area contributed by atoms with E-state index in [2.05, 4.69) is 4.99 Å². The summed E-state index contributed by atoms with van der Waals surface area (Å²) < 4.78 is 0. The second-order valence-electron chi connectivity index (χ2n) is 4.45. The lowest BCUT2D eigenvalue weighted by Crippen LogP contribution is -2.47. The van der Waals surface area contributed by atoms with E-state index in [9.17, 15) is 4.79 Å². The molecule has 0 bridgehead atoms. The van der Waals surface area contributed by atoms with Crippen LogP contribution in [0.5, 0.6) is 0 Å². The number of hydrogen-bond acceptors (Lipinski definition) is 4. The SMILES string of the molecule is NC(N)=NCCCC(N)C(=O)N1CCCC1[B]O. The molecule has 1 aliphatic heterocycles. The molecule has 1 fully saturated rings. The van der Waals surface area contributed by atoms with Gasteiger partial charge in [-0.15, -0.1) is 0 Å². The van der Waals surface area contributed by atoms with Gasteiger partial charge in [-0.05, 0) is 25.7 Å². The van der Waals surface area contributed by atoms with Crippen LogP contribution in [0.15, 0.2) is 4.99 Å². The molecule has 2 atom stereocenters. The third-order valence-electron chi connectivity index (χ3n) is 3.04. The highest BCUT2D eigenvalue weighted by Crippen LogP contribution is 2.17. The first kappa shape index (κ1) is 14.8. The second kappa shape index (κ2) is 7.22. The monoisotopic (exact) mass is 254 g/mol. The Kier molecular flexibility index (Phi) is 5.93. The number of nitrogens with two attached hydrogens (primary N) is 3. The first-order chi connectivity index (χ1) is 8.56. The highest BCUT2D eigenvalue weighted by molar-refractivity contribution is 6.28. The van der Waals surface area contributed by atoms with Crippen molar-refractivity contribution in [1.82, 2.24) is 4.90 Å². The largest absolute Gasteiger partial charge is 0.452 e. The Hall–Kier alpha value is -1.28. The Morgan fingerprint density at radius 1 is 1.56 bits per heavy atom. The van der Waals surface area contributed by atoms with E-state index in [0.717, 1.165) is 20.3 Å². The summed E-state index contributed by atoms with van der Waals surface area (Å²) >= 11 is 0. The molecule has 1 rings (SSSR count). The molecule has 18 heavy (non-hydrogen) atoms. The lowest BCUT2D eigenvalue weighted by molar-refractivity contribution is -0.132. The Bertz CT molecular complexity index is 309. The quantitative estimate of drug-likeness (QED) is 0.187. The lowest BCUT2D eigenvalue weighted by Gasteiger charge is -2.25. The highest BCUT2D eigenvalue weighted by atomic mass is 16.2. The third-order valence-corrected chi connectivity index (χ3v) is 3.04. The fraction of sp³-hybridized carbons (Fsp3) is 0.800. The molecule has 0 aromatic carbocycles. The summed E-state index contributed by atoms with van der Waals surface area (Å²) in [5, 5.41) is 9.04. The minimum Gasteiger partial charge on any atom is -0.452 e. The van der Waals surface area contributed by atoms with Gasteiger partial charge in [0.15, 0.2) is 5.96 Å². The van der Waals surface area contributed by atoms with Crippen molar-refractivity contribution in [2.45, 2.75) is 37.7 Å². The van der Waals surface area contributed by atoms with Crippen LogP contribution in [0.25, 0.3) is 0 Å². The van der Waals surface area contributed by atoms with Gasteiger partial charge in [0.25, 0.3) is 0 Å². The van der Waals surface area contributed by atoms with E-state index in [-0.39, 0.29) is 17.8 Å². The number of rotatable bonds is 6. The summed E-state index contributed by atoms with van der Waals surface area (Å²) in [4.78, 5) is 17.5. The molecule has 0 spiro atoms. The van der Waals surface area contributed by atoms with Crippen LogP contribution in [0.2, 0.25) is 0 Å². The van der Waals surface area contributed by atoms with Crippen molar-refractivity contribution < 1.29 is 9.82 Å². The maximum atomic E-state index is 12.0. The van der Waals surface area contributed by atoms with Gasteiger partial charge in [-0.2, -0.15) is 0 Å². The average molecular weight is 254 g/mol. The third kappa shape index (κ3) is 4.19. The van der Waals surface area contributed by atoms with Gasteiger partial charge in [0.05, 0.1) is 6.04 Å². The molecule has 0 saturated carbocycles. The zero-order valence-electron chi connectivity index (χ0n) is 10.5. The molecule has 7 N–H and O–H groups in total. The first-order valence-corrected chi connectivity index (χ1v) is 6.15. The van der Waals surface area contributed by atoms with Crippen LogP contribution in [0.3, 0.4) is 0 Å². The zero-order valence-corrected chi connectivity index (χ0v) is 10.5. The van der Waals surface area contributed by atoms with Crippen LogP contribution in [0.1, 0.15) is 25.7 Å². The standard InChI is InChI=1S/C10H21BN5O2/c12-7(3-1-5-15-10(13)14)9(17)16-6-2-4-8(16)11-18/h7-8,18H,1-6,12H2,(H4,13,14,15). The smallest absolute Gasteiger partial charge is 0.312 e. The molecule has 1 heterocycles. The maximum Gasteiger partial charge on any atom is 0.312 e. The van der Waals surface area contributed by atoms with Crippen LogP contribution in [-0.4, -0.2) is 54.3 Å². The van der Waals surface area contributed by atoms with Crippen LogP contribution in [0, 0.1) is 0 Å². The fourth-order valence-electron chi connectivity index (χ4n) is 2.08. The average Bonchev–Trinajstić information content (AvgIpc) is 2.81. The summed E-state index contributed by atoms with van der Waals surface area (Å²) in [5.41, 5.74) is 16.2. The van der Waals surface area contributed by atoms with E-state index in [1.54, 1.807) is 4.90 Å². The van der Waals surface area contributed by atoms with E-state index in [0.29, 0.717) is 25.9 Å². The number of carbonyl (C=O) groups excluding carboxylic acids is 1. The molecular weight excluding hydrogens is 233 g/mol. The van der Waals surface area contributed by atoms with Gasteiger partial charge in [-0.1, -0.05) is 0 Å². The molecule has 7 nitrogen and oxygen atoms in total. The molecule has 1 amide bonds. The van der Waals surface area contributed by atoms with Crippen molar-refractivity contribution >= 4 is 19.3 Å². The van der Waals surface area contributed by atoms with Gasteiger partial charge < -0.3 is 27.1 Å². The van der Waals surface area contributed by atoms with Crippen molar-refractivity contribution in [2.75, 3.05) is 13.1 Å². The zero-order chi connectivity index (χ0) is 13.5. The summed E-state index contributed by atoms with van der Waals surface area (Å²) in [6, 6.07) is -0.556. The summed E-state index contributed by atoms with van der Waals surface area (Å²) in [6.07, 6.45) is 2.88. The molecule has 8 heteroatoms. The van der Waals surface area contributed by atoms with Crippen molar-refractivity contribution in [3.05, 3.63) is 0 Å². The molecule has 0 aromatic rings. The fourth-order valence-corrected chi connectivity index (χ4v) is 2.08. The van der Waals surface area contributed by atoms with Gasteiger partial charge in [0.2, 0.25) is 5.91 Å². The number of likely N-dealkylation sites (tertiary alicyclic amines) is 1. The second-order valence-corrected chi connectivity index (χ2v) is 4.45. The van der Waals surface area contributed by atoms with Crippen LogP contribution < -0.4 is 17.2 Å². The van der Waals surface area contributed by atoms with Crippen LogP contribution in [0.4, 0.5) is 0 Å². The Morgan fingerprint density at radius 3 is 2.89 bits per heavy atom.